The molecule has 0 saturated carbocycles. The highest BCUT2D eigenvalue weighted by Gasteiger charge is 2.13. The van der Waals surface area contributed by atoms with E-state index in [1.165, 1.54) is 0 Å². The number of terminal acetylenes is 1. The number of para-hydroxylation sites is 1. The zero-order valence-electron chi connectivity index (χ0n) is 11.8. The first kappa shape index (κ1) is 13.8. The van der Waals surface area contributed by atoms with E-state index in [1.807, 2.05) is 42.5 Å². The lowest BCUT2D eigenvalue weighted by molar-refractivity contribution is 0.0960. The summed E-state index contributed by atoms with van der Waals surface area (Å²) in [6.45, 7) is 0.189. The van der Waals surface area contributed by atoms with E-state index >= 15 is 0 Å². The monoisotopic (exact) mass is 287 g/mol. The molecule has 0 spiro atoms. The molecule has 106 valence electrons. The van der Waals surface area contributed by atoms with Gasteiger partial charge in [0, 0.05) is 11.6 Å². The molecular weight excluding hydrogens is 274 g/mol. The molecular formula is C18H13N3O. The highest BCUT2D eigenvalue weighted by Crippen LogP contribution is 2.23. The summed E-state index contributed by atoms with van der Waals surface area (Å²) < 4.78 is 0. The van der Waals surface area contributed by atoms with Crippen LogP contribution >= 0.6 is 0 Å². The summed E-state index contributed by atoms with van der Waals surface area (Å²) in [6, 6.07) is 14.8. The van der Waals surface area contributed by atoms with Crippen molar-refractivity contribution >= 4 is 16.8 Å². The minimum absolute atomic E-state index is 0.189. The molecule has 0 saturated heterocycles. The van der Waals surface area contributed by atoms with E-state index in [9.17, 15) is 4.79 Å². The largest absolute Gasteiger partial charge is 0.341 e. The topological polar surface area (TPSA) is 54.9 Å². The predicted molar refractivity (Wildman–Crippen MR) is 86.1 cm³/mol. The highest BCUT2D eigenvalue weighted by atomic mass is 16.1. The van der Waals surface area contributed by atoms with Crippen molar-refractivity contribution in [2.24, 2.45) is 0 Å². The second kappa shape index (κ2) is 6.06. The Labute approximate surface area is 128 Å². The van der Waals surface area contributed by atoms with Gasteiger partial charge in [0.1, 0.15) is 0 Å². The molecule has 3 rings (SSSR count). The Kier molecular flexibility index (Phi) is 3.80. The summed E-state index contributed by atoms with van der Waals surface area (Å²) in [6.07, 6.45) is 6.90. The molecule has 0 bridgehead atoms. The van der Waals surface area contributed by atoms with Gasteiger partial charge in [0.15, 0.2) is 0 Å². The molecule has 1 amide bonds. The number of nitrogens with one attached hydrogen (secondary N) is 1. The number of fused-ring (bicyclic) bond motifs is 1. The van der Waals surface area contributed by atoms with Crippen LogP contribution in [0.3, 0.4) is 0 Å². The van der Waals surface area contributed by atoms with Gasteiger partial charge in [-0.2, -0.15) is 0 Å². The molecule has 4 heteroatoms. The number of carbonyl (C=O) groups excluding carboxylic acids is 1. The first-order valence-electron chi connectivity index (χ1n) is 6.82. The Bertz CT molecular complexity index is 866. The van der Waals surface area contributed by atoms with Gasteiger partial charge in [0.05, 0.1) is 29.0 Å². The van der Waals surface area contributed by atoms with E-state index in [1.54, 1.807) is 12.3 Å². The number of amides is 1. The third-order valence-corrected chi connectivity index (χ3v) is 3.24. The second-order valence-corrected chi connectivity index (χ2v) is 4.67. The van der Waals surface area contributed by atoms with Crippen LogP contribution in [0.5, 0.6) is 0 Å². The number of benzene rings is 1. The number of aromatic nitrogens is 2. The van der Waals surface area contributed by atoms with E-state index in [2.05, 4.69) is 21.2 Å². The van der Waals surface area contributed by atoms with Crippen molar-refractivity contribution in [2.75, 3.05) is 6.54 Å². The van der Waals surface area contributed by atoms with Crippen molar-refractivity contribution < 1.29 is 4.79 Å². The number of hydrogen-bond donors (Lipinski definition) is 1. The summed E-state index contributed by atoms with van der Waals surface area (Å²) in [5, 5.41) is 3.48. The molecule has 0 aliphatic carbocycles. The first-order chi connectivity index (χ1) is 10.8. The Hall–Kier alpha value is -3.19. The lowest BCUT2D eigenvalue weighted by Gasteiger charge is -2.09. The maximum absolute atomic E-state index is 12.3. The quantitative estimate of drug-likeness (QED) is 0.753. The van der Waals surface area contributed by atoms with Crippen molar-refractivity contribution in [3.63, 3.8) is 0 Å². The standard InChI is InChI=1S/C18H13N3O/c1-2-10-20-18(22)14-12-17(16-9-5-6-11-19-16)21-15-8-4-3-7-13(14)15/h1,3-9,11-12H,10H2,(H,20,22). The highest BCUT2D eigenvalue weighted by molar-refractivity contribution is 6.07. The van der Waals surface area contributed by atoms with Crippen LogP contribution in [0.25, 0.3) is 22.3 Å². The number of rotatable bonds is 3. The second-order valence-electron chi connectivity index (χ2n) is 4.67. The van der Waals surface area contributed by atoms with Crippen LogP contribution in [-0.4, -0.2) is 22.4 Å². The molecule has 2 heterocycles. The predicted octanol–water partition coefficient (Wildman–Crippen LogP) is 2.66. The van der Waals surface area contributed by atoms with Crippen molar-refractivity contribution in [3.8, 4) is 23.7 Å². The Morgan fingerprint density at radius 3 is 2.73 bits per heavy atom. The number of hydrogen-bond acceptors (Lipinski definition) is 3. The molecule has 0 aliphatic heterocycles. The molecule has 22 heavy (non-hydrogen) atoms. The van der Waals surface area contributed by atoms with Crippen LogP contribution in [0.2, 0.25) is 0 Å². The van der Waals surface area contributed by atoms with Crippen LogP contribution in [0.4, 0.5) is 0 Å². The van der Waals surface area contributed by atoms with Crippen molar-refractivity contribution in [2.45, 2.75) is 0 Å². The van der Waals surface area contributed by atoms with Crippen LogP contribution in [0, 0.1) is 12.3 Å². The average molecular weight is 287 g/mol. The van der Waals surface area contributed by atoms with Crippen molar-refractivity contribution in [1.29, 1.82) is 0 Å². The summed E-state index contributed by atoms with van der Waals surface area (Å²) >= 11 is 0. The SMILES string of the molecule is C#CCNC(=O)c1cc(-c2ccccn2)nc2ccccc12. The van der Waals surface area contributed by atoms with Gasteiger partial charge < -0.3 is 5.32 Å². The zero-order valence-corrected chi connectivity index (χ0v) is 11.8. The maximum Gasteiger partial charge on any atom is 0.252 e. The third-order valence-electron chi connectivity index (χ3n) is 3.24. The molecule has 0 atom stereocenters. The lowest BCUT2D eigenvalue weighted by atomic mass is 10.1. The van der Waals surface area contributed by atoms with Gasteiger partial charge >= 0.3 is 0 Å². The van der Waals surface area contributed by atoms with Crippen LogP contribution in [0.1, 0.15) is 10.4 Å². The molecule has 0 fully saturated rings. The fourth-order valence-corrected chi connectivity index (χ4v) is 2.24. The van der Waals surface area contributed by atoms with E-state index in [-0.39, 0.29) is 12.5 Å². The third kappa shape index (κ3) is 2.65. The van der Waals surface area contributed by atoms with E-state index in [4.69, 9.17) is 6.42 Å². The fraction of sp³-hybridized carbons (Fsp3) is 0.0556. The van der Waals surface area contributed by atoms with E-state index in [0.29, 0.717) is 11.3 Å². The maximum atomic E-state index is 12.3. The average Bonchev–Trinajstić information content (AvgIpc) is 2.59. The lowest BCUT2D eigenvalue weighted by Crippen LogP contribution is -2.24. The zero-order chi connectivity index (χ0) is 15.4. The molecule has 4 nitrogen and oxygen atoms in total. The molecule has 1 N–H and O–H groups in total. The van der Waals surface area contributed by atoms with Gasteiger partial charge in [-0.25, -0.2) is 4.98 Å². The minimum Gasteiger partial charge on any atom is -0.341 e. The molecule has 2 aromatic heterocycles. The Balaban J connectivity index is 2.17. The molecule has 0 unspecified atom stereocenters. The smallest absolute Gasteiger partial charge is 0.252 e. The van der Waals surface area contributed by atoms with Gasteiger partial charge in [-0.05, 0) is 24.3 Å². The molecule has 3 aromatic rings. The van der Waals surface area contributed by atoms with Gasteiger partial charge in [-0.1, -0.05) is 30.2 Å². The van der Waals surface area contributed by atoms with Crippen molar-refractivity contribution in [1.82, 2.24) is 15.3 Å². The van der Waals surface area contributed by atoms with Crippen LogP contribution in [-0.2, 0) is 0 Å². The first-order valence-corrected chi connectivity index (χ1v) is 6.82. The number of carbonyl (C=O) groups is 1. The van der Waals surface area contributed by atoms with Crippen LogP contribution < -0.4 is 5.32 Å². The van der Waals surface area contributed by atoms with E-state index < -0.39 is 0 Å². The van der Waals surface area contributed by atoms with Crippen molar-refractivity contribution in [3.05, 3.63) is 60.3 Å². The minimum atomic E-state index is -0.214. The van der Waals surface area contributed by atoms with Crippen LogP contribution in [0.15, 0.2) is 54.7 Å². The molecule has 0 radical (unpaired) electrons. The van der Waals surface area contributed by atoms with Gasteiger partial charge in [-0.3, -0.25) is 9.78 Å². The van der Waals surface area contributed by atoms with Gasteiger partial charge in [-0.15, -0.1) is 6.42 Å². The summed E-state index contributed by atoms with van der Waals surface area (Å²) in [7, 11) is 0. The Morgan fingerprint density at radius 2 is 1.95 bits per heavy atom. The summed E-state index contributed by atoms with van der Waals surface area (Å²) in [5.74, 6) is 2.19. The Morgan fingerprint density at radius 1 is 1.14 bits per heavy atom. The summed E-state index contributed by atoms with van der Waals surface area (Å²) in [4.78, 5) is 21.2. The van der Waals surface area contributed by atoms with E-state index in [0.717, 1.165) is 16.6 Å². The number of pyridine rings is 2. The molecule has 1 aromatic carbocycles. The summed E-state index contributed by atoms with van der Waals surface area (Å²) in [5.41, 5.74) is 2.67. The molecule has 0 aliphatic rings. The normalized spacial score (nSPS) is 10.1. The number of nitrogens with zero attached hydrogens (tertiary/aromatic N) is 2. The van der Waals surface area contributed by atoms with Gasteiger partial charge in [0.25, 0.3) is 5.91 Å². The van der Waals surface area contributed by atoms with Gasteiger partial charge in [0.2, 0.25) is 0 Å². The fourth-order valence-electron chi connectivity index (χ4n) is 2.24.